The van der Waals surface area contributed by atoms with E-state index in [0.717, 1.165) is 31.8 Å². The van der Waals surface area contributed by atoms with Crippen molar-refractivity contribution in [1.29, 1.82) is 0 Å². The second kappa shape index (κ2) is 9.75. The molecular formula is C30H16N6O6S3. The number of aromatic nitrogens is 6. The third-order valence-electron chi connectivity index (χ3n) is 7.31. The molecule has 4 heterocycles. The summed E-state index contributed by atoms with van der Waals surface area (Å²) < 4.78 is 30.2. The summed E-state index contributed by atoms with van der Waals surface area (Å²) >= 11 is 2.03. The van der Waals surface area contributed by atoms with Gasteiger partial charge < -0.3 is 9.97 Å². The van der Waals surface area contributed by atoms with Gasteiger partial charge in [0.2, 0.25) is 20.1 Å². The molecule has 220 valence electrons. The first-order valence-corrected chi connectivity index (χ1v) is 16.4. The molecule has 0 radical (unpaired) electrons. The number of nitrogens with zero attached hydrogens (tertiary/aromatic N) is 4. The predicted molar refractivity (Wildman–Crippen MR) is 172 cm³/mol. The molecule has 45 heavy (non-hydrogen) atoms. The van der Waals surface area contributed by atoms with E-state index in [4.69, 9.17) is 0 Å². The first-order valence-electron chi connectivity index (χ1n) is 13.2. The number of thiazole rings is 2. The van der Waals surface area contributed by atoms with Crippen molar-refractivity contribution in [2.75, 3.05) is 0 Å². The Bertz CT molecular complexity index is 2700. The number of sulfone groups is 1. The SMILES string of the molecule is O=c1[nH]c2ccccc2c(=O)n1-c1nc2ccc(S(=O)(=O)c3ccc4nc(-n5c(=O)[nH]c6ccccc6c5=O)sc4c3)cc2s1. The number of hydrogen-bond acceptors (Lipinski definition) is 10. The van der Waals surface area contributed by atoms with Crippen molar-refractivity contribution in [3.05, 3.63) is 127 Å². The van der Waals surface area contributed by atoms with Crippen molar-refractivity contribution in [3.63, 3.8) is 0 Å². The average Bonchev–Trinajstić information content (AvgIpc) is 3.64. The molecule has 0 spiro atoms. The smallest absolute Gasteiger partial charge is 0.306 e. The van der Waals surface area contributed by atoms with E-state index in [1.807, 2.05) is 0 Å². The van der Waals surface area contributed by atoms with Gasteiger partial charge in [-0.05, 0) is 60.7 Å². The van der Waals surface area contributed by atoms with Gasteiger partial charge in [0.1, 0.15) is 0 Å². The molecule has 0 atom stereocenters. The van der Waals surface area contributed by atoms with Crippen LogP contribution in [0.15, 0.2) is 114 Å². The summed E-state index contributed by atoms with van der Waals surface area (Å²) in [6, 6.07) is 22.0. The Hall–Kier alpha value is -5.51. The van der Waals surface area contributed by atoms with E-state index >= 15 is 0 Å². The van der Waals surface area contributed by atoms with Crippen LogP contribution in [0.3, 0.4) is 0 Å². The fourth-order valence-electron chi connectivity index (χ4n) is 5.12. The van der Waals surface area contributed by atoms with Crippen LogP contribution in [0.5, 0.6) is 0 Å². The zero-order valence-electron chi connectivity index (χ0n) is 22.5. The van der Waals surface area contributed by atoms with Crippen LogP contribution in [-0.2, 0) is 9.84 Å². The zero-order valence-corrected chi connectivity index (χ0v) is 25.0. The number of hydrogen-bond donors (Lipinski definition) is 2. The van der Waals surface area contributed by atoms with Gasteiger partial charge in [0.25, 0.3) is 11.1 Å². The lowest BCUT2D eigenvalue weighted by molar-refractivity contribution is 0.596. The van der Waals surface area contributed by atoms with Crippen LogP contribution in [0.4, 0.5) is 0 Å². The highest BCUT2D eigenvalue weighted by atomic mass is 32.2. The number of aromatic amines is 2. The summed E-state index contributed by atoms with van der Waals surface area (Å²) in [7, 11) is -4.04. The monoisotopic (exact) mass is 652 g/mol. The summed E-state index contributed by atoms with van der Waals surface area (Å²) in [5, 5.41) is 0.843. The molecule has 4 aromatic heterocycles. The molecule has 0 unspecified atom stereocenters. The Labute approximate surface area is 258 Å². The molecule has 8 aromatic rings. The molecule has 2 N–H and O–H groups in total. The Morgan fingerprint density at radius 3 is 1.44 bits per heavy atom. The Kier molecular flexibility index (Phi) is 5.86. The van der Waals surface area contributed by atoms with Gasteiger partial charge in [0.05, 0.1) is 52.0 Å². The third kappa shape index (κ3) is 4.20. The van der Waals surface area contributed by atoms with E-state index in [1.165, 1.54) is 36.4 Å². The lowest BCUT2D eigenvalue weighted by atomic mass is 10.2. The van der Waals surface area contributed by atoms with Crippen LogP contribution in [-0.4, -0.2) is 37.5 Å². The van der Waals surface area contributed by atoms with Crippen LogP contribution < -0.4 is 22.5 Å². The number of para-hydroxylation sites is 2. The van der Waals surface area contributed by atoms with Gasteiger partial charge >= 0.3 is 11.4 Å². The van der Waals surface area contributed by atoms with E-state index in [-0.39, 0.29) is 20.1 Å². The lowest BCUT2D eigenvalue weighted by Crippen LogP contribution is -2.33. The Balaban J connectivity index is 1.19. The van der Waals surface area contributed by atoms with Gasteiger partial charge in [-0.25, -0.2) is 37.1 Å². The van der Waals surface area contributed by atoms with Crippen LogP contribution in [0.25, 0.3) is 52.5 Å². The summed E-state index contributed by atoms with van der Waals surface area (Å²) in [6.07, 6.45) is 0. The van der Waals surface area contributed by atoms with E-state index in [9.17, 15) is 27.6 Å². The first-order chi connectivity index (χ1) is 21.7. The van der Waals surface area contributed by atoms with Crippen molar-refractivity contribution in [2.24, 2.45) is 0 Å². The van der Waals surface area contributed by atoms with Gasteiger partial charge in [-0.3, -0.25) is 9.59 Å². The van der Waals surface area contributed by atoms with Gasteiger partial charge in [0.15, 0.2) is 0 Å². The van der Waals surface area contributed by atoms with Crippen LogP contribution in [0.1, 0.15) is 0 Å². The fourth-order valence-corrected chi connectivity index (χ4v) is 8.59. The van der Waals surface area contributed by atoms with Crippen LogP contribution in [0.2, 0.25) is 0 Å². The van der Waals surface area contributed by atoms with Crippen molar-refractivity contribution >= 4 is 74.7 Å². The molecule has 0 amide bonds. The third-order valence-corrected chi connectivity index (χ3v) is 11.1. The molecule has 0 saturated carbocycles. The zero-order chi connectivity index (χ0) is 31.0. The number of nitrogens with one attached hydrogen (secondary N) is 2. The Morgan fingerprint density at radius 1 is 0.578 bits per heavy atom. The minimum atomic E-state index is -4.04. The summed E-state index contributed by atoms with van der Waals surface area (Å²) in [6.45, 7) is 0. The summed E-state index contributed by atoms with van der Waals surface area (Å²) in [5.74, 6) is 0. The maximum Gasteiger partial charge on any atom is 0.335 e. The minimum Gasteiger partial charge on any atom is -0.306 e. The van der Waals surface area contributed by atoms with Gasteiger partial charge in [-0.2, -0.15) is 0 Å². The van der Waals surface area contributed by atoms with Crippen molar-refractivity contribution in [3.8, 4) is 10.3 Å². The molecule has 4 aromatic carbocycles. The lowest BCUT2D eigenvalue weighted by Gasteiger charge is -2.04. The second-order valence-electron chi connectivity index (χ2n) is 9.99. The number of fused-ring (bicyclic) bond motifs is 4. The highest BCUT2D eigenvalue weighted by Gasteiger charge is 2.22. The molecule has 0 aliphatic carbocycles. The molecule has 8 rings (SSSR count). The highest BCUT2D eigenvalue weighted by Crippen LogP contribution is 2.32. The fraction of sp³-hybridized carbons (Fsp3) is 0. The molecule has 0 saturated heterocycles. The van der Waals surface area contributed by atoms with E-state index in [2.05, 4.69) is 19.9 Å². The van der Waals surface area contributed by atoms with Crippen LogP contribution in [0, 0.1) is 0 Å². The maximum absolute atomic E-state index is 13.7. The van der Waals surface area contributed by atoms with E-state index in [1.54, 1.807) is 48.5 Å². The highest BCUT2D eigenvalue weighted by molar-refractivity contribution is 7.91. The summed E-state index contributed by atoms with van der Waals surface area (Å²) in [4.78, 5) is 65.9. The van der Waals surface area contributed by atoms with Gasteiger partial charge in [-0.15, -0.1) is 0 Å². The molecular weight excluding hydrogens is 637 g/mol. The number of rotatable bonds is 4. The van der Waals surface area contributed by atoms with Crippen molar-refractivity contribution in [2.45, 2.75) is 9.79 Å². The number of H-pyrrole nitrogens is 2. The van der Waals surface area contributed by atoms with Crippen molar-refractivity contribution in [1.82, 2.24) is 29.1 Å². The largest absolute Gasteiger partial charge is 0.335 e. The quantitative estimate of drug-likeness (QED) is 0.290. The van der Waals surface area contributed by atoms with Gasteiger partial charge in [-0.1, -0.05) is 46.9 Å². The van der Waals surface area contributed by atoms with E-state index in [0.29, 0.717) is 42.2 Å². The topological polar surface area (TPSA) is 170 Å². The Morgan fingerprint density at radius 2 is 1.00 bits per heavy atom. The molecule has 0 fully saturated rings. The van der Waals surface area contributed by atoms with E-state index < -0.39 is 32.3 Å². The normalized spacial score (nSPS) is 12.1. The number of benzene rings is 4. The van der Waals surface area contributed by atoms with Gasteiger partial charge in [0, 0.05) is 0 Å². The standard InChI is InChI=1S/C30H16N6O6S3/c37-25-17-5-1-3-7-19(17)31-27(39)35(25)29-33-21-11-9-15(13-23(21)43-29)45(41,42)16-10-12-22-24(14-16)44-30(34-22)36-26(38)18-6-2-4-8-20(18)32-28(36)40/h1-14H,(H,31,39)(H,32,40). The van der Waals surface area contributed by atoms with Crippen LogP contribution >= 0.6 is 22.7 Å². The minimum absolute atomic E-state index is 0.0174. The molecule has 15 heteroatoms. The molecule has 0 bridgehead atoms. The molecule has 0 aliphatic heterocycles. The molecule has 0 aliphatic rings. The first kappa shape index (κ1) is 27.1. The summed E-state index contributed by atoms with van der Waals surface area (Å²) in [5.41, 5.74) is -0.743. The molecule has 12 nitrogen and oxygen atoms in total. The average molecular weight is 653 g/mol. The van der Waals surface area contributed by atoms with Crippen molar-refractivity contribution < 1.29 is 8.42 Å². The predicted octanol–water partition coefficient (Wildman–Crippen LogP) is 3.72. The maximum atomic E-state index is 13.7. The second-order valence-corrected chi connectivity index (χ2v) is 14.0.